The SMILES string of the molecule is O=C1C=CC2=CC(Br)=CC(F)C2=N1. The Bertz CT molecular complexity index is 392. The molecule has 0 saturated heterocycles. The molecule has 1 aliphatic carbocycles. The van der Waals surface area contributed by atoms with Crippen molar-refractivity contribution < 1.29 is 9.18 Å². The predicted octanol–water partition coefficient (Wildman–Crippen LogP) is 2.08. The van der Waals surface area contributed by atoms with Gasteiger partial charge in [-0.1, -0.05) is 15.9 Å². The standard InChI is InChI=1S/C9H5BrFNO/c10-6-3-5-1-2-8(13)12-9(5)7(11)4-6/h1-4,7H. The molecule has 0 fully saturated rings. The number of dihydropyridines is 1. The Morgan fingerprint density at radius 1 is 1.46 bits per heavy atom. The van der Waals surface area contributed by atoms with Crippen molar-refractivity contribution in [3.63, 3.8) is 0 Å². The third-order valence-electron chi connectivity index (χ3n) is 1.79. The minimum Gasteiger partial charge on any atom is -0.267 e. The van der Waals surface area contributed by atoms with Crippen molar-refractivity contribution in [2.24, 2.45) is 4.99 Å². The third-order valence-corrected chi connectivity index (χ3v) is 2.29. The van der Waals surface area contributed by atoms with Gasteiger partial charge in [0.15, 0.2) is 6.17 Å². The lowest BCUT2D eigenvalue weighted by molar-refractivity contribution is -0.113. The van der Waals surface area contributed by atoms with E-state index in [0.29, 0.717) is 10.1 Å². The van der Waals surface area contributed by atoms with E-state index in [1.807, 2.05) is 0 Å². The number of allylic oxidation sites excluding steroid dienone is 5. The zero-order chi connectivity index (χ0) is 9.42. The number of amides is 1. The van der Waals surface area contributed by atoms with Crippen LogP contribution in [0.5, 0.6) is 0 Å². The maximum absolute atomic E-state index is 13.3. The van der Waals surface area contributed by atoms with Crippen molar-refractivity contribution in [2.75, 3.05) is 0 Å². The molecule has 2 aliphatic rings. The van der Waals surface area contributed by atoms with Crippen LogP contribution in [0.4, 0.5) is 4.39 Å². The Balaban J connectivity index is 2.48. The van der Waals surface area contributed by atoms with E-state index in [1.54, 1.807) is 12.2 Å². The zero-order valence-electron chi connectivity index (χ0n) is 6.50. The molecular weight excluding hydrogens is 237 g/mol. The van der Waals surface area contributed by atoms with Crippen molar-refractivity contribution in [2.45, 2.75) is 6.17 Å². The molecule has 4 heteroatoms. The number of fused-ring (bicyclic) bond motifs is 1. The van der Waals surface area contributed by atoms with E-state index in [4.69, 9.17) is 0 Å². The number of rotatable bonds is 0. The van der Waals surface area contributed by atoms with Crippen molar-refractivity contribution in [3.8, 4) is 0 Å². The molecular formula is C9H5BrFNO. The van der Waals surface area contributed by atoms with Crippen LogP contribution >= 0.6 is 15.9 Å². The lowest BCUT2D eigenvalue weighted by Gasteiger charge is -2.16. The molecule has 0 bridgehead atoms. The molecule has 2 rings (SSSR count). The lowest BCUT2D eigenvalue weighted by atomic mass is 9.99. The number of halogens is 2. The molecule has 1 unspecified atom stereocenters. The molecule has 66 valence electrons. The summed E-state index contributed by atoms with van der Waals surface area (Å²) < 4.78 is 14.0. The van der Waals surface area contributed by atoms with Crippen LogP contribution in [0.2, 0.25) is 0 Å². The highest BCUT2D eigenvalue weighted by molar-refractivity contribution is 9.11. The summed E-state index contributed by atoms with van der Waals surface area (Å²) in [5.41, 5.74) is 0.858. The van der Waals surface area contributed by atoms with Gasteiger partial charge in [0.05, 0.1) is 5.71 Å². The Morgan fingerprint density at radius 2 is 2.23 bits per heavy atom. The van der Waals surface area contributed by atoms with Crippen LogP contribution in [0.25, 0.3) is 0 Å². The second-order valence-electron chi connectivity index (χ2n) is 2.72. The summed E-state index contributed by atoms with van der Waals surface area (Å²) in [7, 11) is 0. The van der Waals surface area contributed by atoms with Gasteiger partial charge in [0.1, 0.15) is 0 Å². The Labute approximate surface area is 82.7 Å². The normalized spacial score (nSPS) is 26.2. The van der Waals surface area contributed by atoms with Gasteiger partial charge >= 0.3 is 0 Å². The van der Waals surface area contributed by atoms with Crippen LogP contribution < -0.4 is 0 Å². The third kappa shape index (κ3) is 1.54. The summed E-state index contributed by atoms with van der Waals surface area (Å²) in [4.78, 5) is 14.4. The molecule has 1 heterocycles. The fourth-order valence-corrected chi connectivity index (χ4v) is 1.70. The second kappa shape index (κ2) is 3.03. The molecule has 0 aromatic rings. The van der Waals surface area contributed by atoms with E-state index in [9.17, 15) is 9.18 Å². The average molecular weight is 242 g/mol. The highest BCUT2D eigenvalue weighted by Gasteiger charge is 2.23. The molecule has 1 aliphatic heterocycles. The number of alkyl halides is 1. The number of hydrogen-bond acceptors (Lipinski definition) is 1. The minimum absolute atomic E-state index is 0.204. The van der Waals surface area contributed by atoms with Gasteiger partial charge in [0, 0.05) is 16.1 Å². The van der Waals surface area contributed by atoms with Gasteiger partial charge in [-0.15, -0.1) is 0 Å². The number of carbonyl (C=O) groups is 1. The van der Waals surface area contributed by atoms with Gasteiger partial charge in [0.2, 0.25) is 0 Å². The van der Waals surface area contributed by atoms with E-state index in [2.05, 4.69) is 20.9 Å². The molecule has 13 heavy (non-hydrogen) atoms. The van der Waals surface area contributed by atoms with Gasteiger partial charge in [-0.25, -0.2) is 9.38 Å². The fraction of sp³-hybridized carbons (Fsp3) is 0.111. The largest absolute Gasteiger partial charge is 0.270 e. The Kier molecular flexibility index (Phi) is 2.00. The first kappa shape index (κ1) is 8.56. The van der Waals surface area contributed by atoms with E-state index in [1.165, 1.54) is 12.2 Å². The zero-order valence-corrected chi connectivity index (χ0v) is 8.08. The summed E-state index contributed by atoms with van der Waals surface area (Å²) in [6.07, 6.45) is 4.72. The van der Waals surface area contributed by atoms with Crippen LogP contribution in [-0.2, 0) is 4.79 Å². The minimum atomic E-state index is -1.29. The molecule has 2 nitrogen and oxygen atoms in total. The van der Waals surface area contributed by atoms with Crippen molar-refractivity contribution in [3.05, 3.63) is 34.4 Å². The average Bonchev–Trinajstić information content (AvgIpc) is 2.06. The van der Waals surface area contributed by atoms with Crippen molar-refractivity contribution in [1.82, 2.24) is 0 Å². The Morgan fingerprint density at radius 3 is 3.00 bits per heavy atom. The summed E-state index contributed by atoms with van der Waals surface area (Å²) in [6.45, 7) is 0. The molecule has 0 aromatic carbocycles. The highest BCUT2D eigenvalue weighted by atomic mass is 79.9. The van der Waals surface area contributed by atoms with Crippen LogP contribution in [-0.4, -0.2) is 17.8 Å². The molecule has 0 aromatic heterocycles. The monoisotopic (exact) mass is 241 g/mol. The van der Waals surface area contributed by atoms with Crippen LogP contribution in [0.15, 0.2) is 39.4 Å². The van der Waals surface area contributed by atoms with Crippen LogP contribution in [0, 0.1) is 0 Å². The maximum atomic E-state index is 13.3. The molecule has 0 N–H and O–H groups in total. The molecule has 1 atom stereocenters. The van der Waals surface area contributed by atoms with Gasteiger partial charge < -0.3 is 0 Å². The first-order valence-corrected chi connectivity index (χ1v) is 4.50. The highest BCUT2D eigenvalue weighted by Crippen LogP contribution is 2.24. The number of aliphatic imine (C=N–C) groups is 1. The van der Waals surface area contributed by atoms with Crippen molar-refractivity contribution >= 4 is 27.5 Å². The van der Waals surface area contributed by atoms with E-state index >= 15 is 0 Å². The van der Waals surface area contributed by atoms with E-state index in [0.717, 1.165) is 0 Å². The topological polar surface area (TPSA) is 29.4 Å². The molecule has 0 saturated carbocycles. The second-order valence-corrected chi connectivity index (χ2v) is 3.64. The van der Waals surface area contributed by atoms with Gasteiger partial charge in [-0.3, -0.25) is 4.79 Å². The summed E-state index contributed by atoms with van der Waals surface area (Å²) in [6, 6.07) is 0. The summed E-state index contributed by atoms with van der Waals surface area (Å²) in [5, 5.41) is 0. The number of hydrogen-bond donors (Lipinski definition) is 0. The molecule has 0 spiro atoms. The molecule has 1 amide bonds. The van der Waals surface area contributed by atoms with Gasteiger partial charge in [0.25, 0.3) is 5.91 Å². The quantitative estimate of drug-likeness (QED) is 0.639. The number of carbonyl (C=O) groups excluding carboxylic acids is 1. The maximum Gasteiger partial charge on any atom is 0.270 e. The lowest BCUT2D eigenvalue weighted by Crippen LogP contribution is -2.22. The summed E-state index contributed by atoms with van der Waals surface area (Å²) in [5.74, 6) is -0.402. The van der Waals surface area contributed by atoms with Gasteiger partial charge in [-0.2, -0.15) is 0 Å². The predicted molar refractivity (Wildman–Crippen MR) is 51.6 cm³/mol. The first-order valence-electron chi connectivity index (χ1n) is 3.71. The van der Waals surface area contributed by atoms with Crippen LogP contribution in [0.1, 0.15) is 0 Å². The fourth-order valence-electron chi connectivity index (χ4n) is 1.23. The van der Waals surface area contributed by atoms with E-state index in [-0.39, 0.29) is 5.71 Å². The molecule has 0 radical (unpaired) electrons. The van der Waals surface area contributed by atoms with Crippen LogP contribution in [0.3, 0.4) is 0 Å². The number of nitrogens with zero attached hydrogens (tertiary/aromatic N) is 1. The van der Waals surface area contributed by atoms with Gasteiger partial charge in [-0.05, 0) is 18.2 Å². The first-order chi connectivity index (χ1) is 6.16. The van der Waals surface area contributed by atoms with Crippen molar-refractivity contribution in [1.29, 1.82) is 0 Å². The smallest absolute Gasteiger partial charge is 0.267 e. The van der Waals surface area contributed by atoms with E-state index < -0.39 is 12.1 Å². The summed E-state index contributed by atoms with van der Waals surface area (Å²) >= 11 is 3.18. The Hall–Kier alpha value is -1.03.